The summed E-state index contributed by atoms with van der Waals surface area (Å²) in [7, 11) is 20.8. The zero-order valence-electron chi connectivity index (χ0n) is 46.9. The van der Waals surface area contributed by atoms with E-state index in [1.54, 1.807) is 71.1 Å². The van der Waals surface area contributed by atoms with Crippen LogP contribution >= 0.6 is 0 Å². The van der Waals surface area contributed by atoms with Gasteiger partial charge in [-0.1, -0.05) is 25.7 Å². The quantitative estimate of drug-likeness (QED) is 0.0444. The number of unbranched alkanes of at least 4 members (excludes halogenated alkanes) is 5. The summed E-state index contributed by atoms with van der Waals surface area (Å²) in [6.07, 6.45) is 9.25. The molecule has 0 spiro atoms. The van der Waals surface area contributed by atoms with Crippen LogP contribution in [-0.4, -0.2) is 145 Å². The normalized spacial score (nSPS) is 18.3. The molecular formula is C58H82Cl2N2O14. The second-order valence-corrected chi connectivity index (χ2v) is 19.7. The van der Waals surface area contributed by atoms with E-state index in [0.717, 1.165) is 99.8 Å². The molecule has 0 saturated carbocycles. The summed E-state index contributed by atoms with van der Waals surface area (Å²) < 4.78 is 70.2. The third kappa shape index (κ3) is 14.7. The predicted molar refractivity (Wildman–Crippen MR) is 282 cm³/mol. The van der Waals surface area contributed by atoms with E-state index in [-0.39, 0.29) is 48.8 Å². The molecule has 2 heterocycles. The smallest absolute Gasteiger partial charge is 0.305 e. The van der Waals surface area contributed by atoms with Crippen LogP contribution in [0.1, 0.15) is 110 Å². The number of carbonyl (C=O) groups excluding carboxylic acids is 2. The summed E-state index contributed by atoms with van der Waals surface area (Å²) in [5.74, 6) is 5.81. The highest BCUT2D eigenvalue weighted by atomic mass is 35.5. The maximum absolute atomic E-state index is 12.9. The number of esters is 2. The molecule has 0 unspecified atom stereocenters. The Labute approximate surface area is 463 Å². The molecule has 0 aromatic heterocycles. The second-order valence-electron chi connectivity index (χ2n) is 19.7. The molecule has 0 fully saturated rings. The number of fused-ring (bicyclic) bond motifs is 2. The van der Waals surface area contributed by atoms with Crippen LogP contribution in [0.5, 0.6) is 57.5 Å². The molecule has 0 bridgehead atoms. The highest BCUT2D eigenvalue weighted by Crippen LogP contribution is 2.50. The minimum atomic E-state index is -0.170. The van der Waals surface area contributed by atoms with E-state index >= 15 is 0 Å². The number of halogens is 2. The van der Waals surface area contributed by atoms with Crippen LogP contribution in [0.15, 0.2) is 48.5 Å². The molecule has 18 heteroatoms. The van der Waals surface area contributed by atoms with E-state index in [9.17, 15) is 9.59 Å². The predicted octanol–water partition coefficient (Wildman–Crippen LogP) is 3.65. The molecule has 2 aliphatic rings. The topological polar surface area (TPSA) is 145 Å². The van der Waals surface area contributed by atoms with Gasteiger partial charge < -0.3 is 90.6 Å². The molecule has 4 atom stereocenters. The van der Waals surface area contributed by atoms with Crippen molar-refractivity contribution in [2.24, 2.45) is 0 Å². The Morgan fingerprint density at radius 1 is 0.408 bits per heavy atom. The molecule has 6 rings (SSSR count). The molecule has 76 heavy (non-hydrogen) atoms. The minimum absolute atomic E-state index is 0. The lowest BCUT2D eigenvalue weighted by Crippen LogP contribution is -3.00. The lowest BCUT2D eigenvalue weighted by Gasteiger charge is -2.46. The molecule has 0 saturated heterocycles. The summed E-state index contributed by atoms with van der Waals surface area (Å²) in [6, 6.07) is 16.2. The Morgan fingerprint density at radius 2 is 0.711 bits per heavy atom. The largest absolute Gasteiger partial charge is 1.00 e. The average molecular weight is 1100 g/mol. The van der Waals surface area contributed by atoms with Gasteiger partial charge >= 0.3 is 11.9 Å². The monoisotopic (exact) mass is 1100 g/mol. The van der Waals surface area contributed by atoms with Crippen molar-refractivity contribution < 1.29 is 100 Å². The van der Waals surface area contributed by atoms with Crippen molar-refractivity contribution in [3.8, 4) is 57.5 Å². The third-order valence-electron chi connectivity index (χ3n) is 15.1. The summed E-state index contributed by atoms with van der Waals surface area (Å²) in [5.41, 5.74) is 6.69. The first-order valence-electron chi connectivity index (χ1n) is 25.9. The molecule has 4 aromatic rings. The van der Waals surface area contributed by atoms with Crippen LogP contribution in [0, 0.1) is 0 Å². The summed E-state index contributed by atoms with van der Waals surface area (Å²) in [6.45, 7) is 3.96. The summed E-state index contributed by atoms with van der Waals surface area (Å²) in [4.78, 5) is 25.7. The average Bonchev–Trinajstić information content (AvgIpc) is 3.42. The standard InChI is InChI=1S/C58H82N2O14.2ClH/c1-59(27-23-39-31-45(63-3)47(65-5)37-43(39)55(59)41-33-49(67-7)57(71-11)50(34-41)68-8)25-19-29-73-53(61)21-17-15-13-14-16-18-22-54(62)74-30-20-26-60(2)28-24-40-32-46(64-4)48(66-6)38-44(40)56(60)42-35-51(69-9)58(72-12)52(36-42)70-10;;/h31-38,55-56H,13-30H2,1-12H3;2*1H/q+2;;/p-2/t55-,56+,59-,60+;;. The van der Waals surface area contributed by atoms with Crippen LogP contribution in [0.25, 0.3) is 0 Å². The zero-order valence-corrected chi connectivity index (χ0v) is 48.4. The van der Waals surface area contributed by atoms with Gasteiger partial charge in [0.05, 0.1) is 125 Å². The van der Waals surface area contributed by atoms with Gasteiger partial charge in [-0.25, -0.2) is 0 Å². The lowest BCUT2D eigenvalue weighted by molar-refractivity contribution is -0.935. The highest BCUT2D eigenvalue weighted by molar-refractivity contribution is 5.69. The Kier molecular flexibility index (Phi) is 24.6. The number of nitrogens with zero attached hydrogens (tertiary/aromatic N) is 2. The Bertz CT molecular complexity index is 2310. The molecule has 422 valence electrons. The number of rotatable bonds is 29. The first-order chi connectivity index (χ1) is 35.8. The molecule has 0 radical (unpaired) electrons. The van der Waals surface area contributed by atoms with Crippen molar-refractivity contribution in [2.75, 3.05) is 125 Å². The number of carbonyl (C=O) groups is 2. The van der Waals surface area contributed by atoms with Gasteiger partial charge in [0.15, 0.2) is 46.0 Å². The Morgan fingerprint density at radius 3 is 1.01 bits per heavy atom. The van der Waals surface area contributed by atoms with Gasteiger partial charge in [0.2, 0.25) is 11.5 Å². The van der Waals surface area contributed by atoms with Crippen LogP contribution in [-0.2, 0) is 31.9 Å². The van der Waals surface area contributed by atoms with Gasteiger partial charge in [-0.2, -0.15) is 0 Å². The Balaban J connectivity index is 0.00000624. The Hall–Kier alpha value is -5.68. The van der Waals surface area contributed by atoms with Gasteiger partial charge in [-0.3, -0.25) is 9.59 Å². The van der Waals surface area contributed by atoms with E-state index in [4.69, 9.17) is 56.8 Å². The molecular weight excluding hydrogens is 1020 g/mol. The van der Waals surface area contributed by atoms with E-state index in [2.05, 4.69) is 38.4 Å². The molecule has 4 aromatic carbocycles. The third-order valence-corrected chi connectivity index (χ3v) is 15.1. The van der Waals surface area contributed by atoms with Crippen LogP contribution < -0.4 is 72.2 Å². The number of methoxy groups -OCH3 is 10. The van der Waals surface area contributed by atoms with Gasteiger partial charge in [-0.15, -0.1) is 0 Å². The number of hydrogen-bond donors (Lipinski definition) is 0. The van der Waals surface area contributed by atoms with Crippen molar-refractivity contribution in [2.45, 2.75) is 89.1 Å². The molecule has 0 aliphatic carbocycles. The van der Waals surface area contributed by atoms with Crippen LogP contribution in [0.2, 0.25) is 0 Å². The molecule has 0 N–H and O–H groups in total. The number of hydrogen-bond acceptors (Lipinski definition) is 14. The van der Waals surface area contributed by atoms with Crippen LogP contribution in [0.3, 0.4) is 0 Å². The maximum atomic E-state index is 12.9. The lowest BCUT2D eigenvalue weighted by atomic mass is 9.85. The van der Waals surface area contributed by atoms with E-state index in [1.807, 2.05) is 24.3 Å². The van der Waals surface area contributed by atoms with Crippen LogP contribution in [0.4, 0.5) is 0 Å². The second kappa shape index (κ2) is 29.7. The molecule has 0 amide bonds. The van der Waals surface area contributed by atoms with Crippen molar-refractivity contribution in [1.29, 1.82) is 0 Å². The van der Waals surface area contributed by atoms with Gasteiger partial charge in [0.25, 0.3) is 0 Å². The van der Waals surface area contributed by atoms with Gasteiger partial charge in [-0.05, 0) is 72.5 Å². The van der Waals surface area contributed by atoms with Crippen molar-refractivity contribution in [3.63, 3.8) is 0 Å². The van der Waals surface area contributed by atoms with Crippen molar-refractivity contribution >= 4 is 11.9 Å². The maximum Gasteiger partial charge on any atom is 0.305 e. The fourth-order valence-corrected chi connectivity index (χ4v) is 11.2. The van der Waals surface area contributed by atoms with E-state index < -0.39 is 0 Å². The number of quaternary nitrogens is 2. The van der Waals surface area contributed by atoms with Gasteiger partial charge in [0.1, 0.15) is 12.1 Å². The minimum Gasteiger partial charge on any atom is -1.00 e. The van der Waals surface area contributed by atoms with Gasteiger partial charge in [0, 0.05) is 60.8 Å². The molecule has 2 aliphatic heterocycles. The van der Waals surface area contributed by atoms with Crippen molar-refractivity contribution in [1.82, 2.24) is 0 Å². The fraction of sp³-hybridized carbons (Fsp3) is 0.552. The number of benzene rings is 4. The van der Waals surface area contributed by atoms with E-state index in [0.29, 0.717) is 105 Å². The highest BCUT2D eigenvalue weighted by Gasteiger charge is 2.43. The molecule has 16 nitrogen and oxygen atoms in total. The summed E-state index contributed by atoms with van der Waals surface area (Å²) in [5, 5.41) is 0. The fourth-order valence-electron chi connectivity index (χ4n) is 11.2. The summed E-state index contributed by atoms with van der Waals surface area (Å²) >= 11 is 0. The van der Waals surface area contributed by atoms with Crippen molar-refractivity contribution in [3.05, 3.63) is 81.9 Å². The first kappa shape index (κ1) is 62.9. The number of ether oxygens (including phenoxy) is 12. The SMILES string of the molecule is COc1cc2c(cc1OC)[C@@H](c1cc(OC)c(OC)c(OC)c1)[N@+](C)(CCCOC(=O)CCCCCCCCC(=O)OCCC[N@@+]1(C)CCc3cc(OC)c(OC)cc3[C@@H]1c1cc(OC)c(OC)c(OC)c1)CC2.[Cl-].[Cl-]. The first-order valence-corrected chi connectivity index (χ1v) is 25.9. The zero-order chi connectivity index (χ0) is 53.4. The number of likely N-dealkylation sites (N-methyl/N-ethyl adjacent to an activating group) is 2. The van der Waals surface area contributed by atoms with E-state index in [1.165, 1.54) is 11.1 Å².